The van der Waals surface area contributed by atoms with E-state index in [9.17, 15) is 14.4 Å². The van der Waals surface area contributed by atoms with Crippen molar-refractivity contribution in [1.82, 2.24) is 25.1 Å². The van der Waals surface area contributed by atoms with E-state index in [-0.39, 0.29) is 17.5 Å². The fourth-order valence-corrected chi connectivity index (χ4v) is 3.04. The van der Waals surface area contributed by atoms with Crippen molar-refractivity contribution < 1.29 is 9.59 Å². The zero-order valence-corrected chi connectivity index (χ0v) is 9.71. The molecule has 3 aliphatic rings. The zero-order valence-electron chi connectivity index (χ0n) is 9.71. The number of fused-ring (bicyclic) bond motifs is 3. The molecule has 0 radical (unpaired) electrons. The van der Waals surface area contributed by atoms with Crippen LogP contribution in [0.25, 0.3) is 11.0 Å². The fourth-order valence-electron chi connectivity index (χ4n) is 3.04. The number of aromatic amines is 1. The van der Waals surface area contributed by atoms with Crippen LogP contribution in [0.2, 0.25) is 0 Å². The Morgan fingerprint density at radius 3 is 2.68 bits per heavy atom. The molecule has 1 saturated carbocycles. The summed E-state index contributed by atoms with van der Waals surface area (Å²) in [7, 11) is 0. The Morgan fingerprint density at radius 2 is 1.95 bits per heavy atom. The lowest BCUT2D eigenvalue weighted by molar-refractivity contribution is -0.156. The minimum atomic E-state index is -0.961. The minimum Gasteiger partial charge on any atom is -0.304 e. The minimum absolute atomic E-state index is 0.190. The zero-order chi connectivity index (χ0) is 13.2. The van der Waals surface area contributed by atoms with Crippen LogP contribution in [-0.2, 0) is 15.1 Å². The van der Waals surface area contributed by atoms with Crippen LogP contribution in [0.3, 0.4) is 0 Å². The maximum Gasteiger partial charge on any atom is 0.327 e. The summed E-state index contributed by atoms with van der Waals surface area (Å²) < 4.78 is 1.40. The first-order valence-corrected chi connectivity index (χ1v) is 5.89. The molecule has 8 nitrogen and oxygen atoms in total. The Balaban J connectivity index is 1.97. The molecule has 3 fully saturated rings. The Hall–Kier alpha value is -2.51. The van der Waals surface area contributed by atoms with Gasteiger partial charge in [-0.1, -0.05) is 0 Å². The molecule has 4 heterocycles. The molecule has 1 aliphatic carbocycles. The van der Waals surface area contributed by atoms with Crippen LogP contribution in [0.5, 0.6) is 0 Å². The third-order valence-electron chi connectivity index (χ3n) is 4.02. The second kappa shape index (κ2) is 3.08. The standard InChI is InChI=1S/C11H9N5O3/c17-8-5-1-11(2-5,9(18)15-8)16-7-4-13-12-3-6(7)14-10(16)19/h3-5H,1-2H2,(H,14,19)(H,15,17,18). The van der Waals surface area contributed by atoms with Gasteiger partial charge in [-0.15, -0.1) is 0 Å². The maximum absolute atomic E-state index is 12.1. The van der Waals surface area contributed by atoms with Gasteiger partial charge < -0.3 is 4.98 Å². The van der Waals surface area contributed by atoms with Gasteiger partial charge in [-0.2, -0.15) is 10.2 Å². The number of carbonyl (C=O) groups is 2. The van der Waals surface area contributed by atoms with Crippen LogP contribution in [0.4, 0.5) is 0 Å². The number of amides is 2. The molecule has 0 aromatic carbocycles. The summed E-state index contributed by atoms with van der Waals surface area (Å²) in [6.45, 7) is 0. The average Bonchev–Trinajstić information content (AvgIpc) is 2.64. The summed E-state index contributed by atoms with van der Waals surface area (Å²) in [5, 5.41) is 9.74. The number of hydrogen-bond acceptors (Lipinski definition) is 5. The summed E-state index contributed by atoms with van der Waals surface area (Å²) in [5.74, 6) is -0.858. The van der Waals surface area contributed by atoms with Crippen molar-refractivity contribution in [2.24, 2.45) is 5.92 Å². The summed E-state index contributed by atoms with van der Waals surface area (Å²) >= 11 is 0. The van der Waals surface area contributed by atoms with Gasteiger partial charge in [0.05, 0.1) is 23.4 Å². The molecule has 2 aromatic heterocycles. The first-order valence-electron chi connectivity index (χ1n) is 5.89. The molecule has 0 atom stereocenters. The highest BCUT2D eigenvalue weighted by Crippen LogP contribution is 2.47. The highest BCUT2D eigenvalue weighted by atomic mass is 16.2. The molecule has 2 aliphatic heterocycles. The largest absolute Gasteiger partial charge is 0.327 e. The van der Waals surface area contributed by atoms with Gasteiger partial charge in [0, 0.05) is 5.92 Å². The number of hydrogen-bond donors (Lipinski definition) is 2. The molecule has 2 amide bonds. The van der Waals surface area contributed by atoms with Crippen LogP contribution in [-0.4, -0.2) is 31.6 Å². The topological polar surface area (TPSA) is 110 Å². The molecule has 96 valence electrons. The van der Waals surface area contributed by atoms with Gasteiger partial charge in [-0.05, 0) is 12.8 Å². The monoisotopic (exact) mass is 259 g/mol. The van der Waals surface area contributed by atoms with Crippen molar-refractivity contribution in [1.29, 1.82) is 0 Å². The fraction of sp³-hybridized carbons (Fsp3) is 0.364. The van der Waals surface area contributed by atoms with Crippen molar-refractivity contribution in [3.63, 3.8) is 0 Å². The maximum atomic E-state index is 12.1. The van der Waals surface area contributed by atoms with Crippen molar-refractivity contribution in [2.75, 3.05) is 0 Å². The Kier molecular flexibility index (Phi) is 1.69. The second-order valence-electron chi connectivity index (χ2n) is 5.01. The Morgan fingerprint density at radius 1 is 1.21 bits per heavy atom. The van der Waals surface area contributed by atoms with Crippen molar-refractivity contribution >= 4 is 22.8 Å². The lowest BCUT2D eigenvalue weighted by Crippen LogP contribution is -2.68. The molecule has 5 rings (SSSR count). The van der Waals surface area contributed by atoms with Gasteiger partial charge in [0.15, 0.2) is 0 Å². The molecular formula is C11H9N5O3. The summed E-state index contributed by atoms with van der Waals surface area (Å²) in [5.41, 5.74) is -0.282. The van der Waals surface area contributed by atoms with Crippen LogP contribution < -0.4 is 11.0 Å². The van der Waals surface area contributed by atoms with Gasteiger partial charge in [0.2, 0.25) is 5.91 Å². The van der Waals surface area contributed by atoms with E-state index < -0.39 is 11.4 Å². The molecule has 0 spiro atoms. The predicted molar refractivity (Wildman–Crippen MR) is 62.0 cm³/mol. The van der Waals surface area contributed by atoms with Gasteiger partial charge in [0.1, 0.15) is 5.54 Å². The van der Waals surface area contributed by atoms with E-state index in [2.05, 4.69) is 20.5 Å². The number of rotatable bonds is 1. The predicted octanol–water partition coefficient (Wildman–Crippen LogP) is -1.12. The highest BCUT2D eigenvalue weighted by Gasteiger charge is 2.60. The van der Waals surface area contributed by atoms with Gasteiger partial charge in [-0.25, -0.2) is 4.79 Å². The van der Waals surface area contributed by atoms with E-state index in [4.69, 9.17) is 0 Å². The SMILES string of the molecule is O=C1NC(=O)C2(n3c(=O)[nH]c4cnncc43)CC1C2. The molecule has 8 heteroatoms. The molecule has 2 N–H and O–H groups in total. The third kappa shape index (κ3) is 1.11. The van der Waals surface area contributed by atoms with Crippen molar-refractivity contribution in [2.45, 2.75) is 18.4 Å². The number of imide groups is 1. The van der Waals surface area contributed by atoms with Gasteiger partial charge >= 0.3 is 5.69 Å². The first-order chi connectivity index (χ1) is 9.12. The Labute approximate surface area is 105 Å². The van der Waals surface area contributed by atoms with Gasteiger partial charge in [-0.3, -0.25) is 19.5 Å². The van der Waals surface area contributed by atoms with Crippen LogP contribution in [0.15, 0.2) is 17.2 Å². The van der Waals surface area contributed by atoms with Gasteiger partial charge in [0.25, 0.3) is 5.91 Å². The Bertz CT molecular complexity index is 783. The van der Waals surface area contributed by atoms with E-state index in [1.165, 1.54) is 17.0 Å². The summed E-state index contributed by atoms with van der Waals surface area (Å²) in [4.78, 5) is 38.3. The van der Waals surface area contributed by atoms with Crippen LogP contribution >= 0.6 is 0 Å². The lowest BCUT2D eigenvalue weighted by atomic mass is 9.64. The van der Waals surface area contributed by atoms with E-state index >= 15 is 0 Å². The second-order valence-corrected chi connectivity index (χ2v) is 5.01. The quantitative estimate of drug-likeness (QED) is 0.630. The van der Waals surface area contributed by atoms with Crippen LogP contribution in [0.1, 0.15) is 12.8 Å². The molecule has 19 heavy (non-hydrogen) atoms. The van der Waals surface area contributed by atoms with E-state index in [1.807, 2.05) is 0 Å². The summed E-state index contributed by atoms with van der Waals surface area (Å²) in [6.07, 6.45) is 3.62. The van der Waals surface area contributed by atoms with Crippen LogP contribution in [0, 0.1) is 5.92 Å². The van der Waals surface area contributed by atoms with E-state index in [0.29, 0.717) is 23.9 Å². The number of aromatic nitrogens is 4. The number of nitrogens with zero attached hydrogens (tertiary/aromatic N) is 3. The number of carbonyl (C=O) groups excluding carboxylic acids is 2. The number of piperidine rings is 2. The van der Waals surface area contributed by atoms with Crippen molar-refractivity contribution in [3.8, 4) is 0 Å². The van der Waals surface area contributed by atoms with Crippen molar-refractivity contribution in [3.05, 3.63) is 22.9 Å². The first kappa shape index (κ1) is 10.4. The average molecular weight is 259 g/mol. The number of imidazole rings is 1. The van der Waals surface area contributed by atoms with E-state index in [0.717, 1.165) is 0 Å². The normalized spacial score (nSPS) is 29.2. The molecule has 0 unspecified atom stereocenters. The molecule has 2 aromatic rings. The number of H-pyrrole nitrogens is 1. The molecule has 2 saturated heterocycles. The molecular weight excluding hydrogens is 250 g/mol. The third-order valence-corrected chi connectivity index (χ3v) is 4.02. The molecule has 2 bridgehead atoms. The number of nitrogens with one attached hydrogen (secondary N) is 2. The van der Waals surface area contributed by atoms with E-state index in [1.54, 1.807) is 0 Å². The lowest BCUT2D eigenvalue weighted by Gasteiger charge is -2.49. The smallest absolute Gasteiger partial charge is 0.304 e. The highest BCUT2D eigenvalue weighted by molar-refractivity contribution is 6.06. The summed E-state index contributed by atoms with van der Waals surface area (Å²) in [6, 6.07) is 0.